The quantitative estimate of drug-likeness (QED) is 0.0873. The van der Waals surface area contributed by atoms with Gasteiger partial charge in [0.25, 0.3) is 0 Å². The first-order chi connectivity index (χ1) is 20.8. The first kappa shape index (κ1) is 33.4. The van der Waals surface area contributed by atoms with Crippen LogP contribution in [-0.2, 0) is 34.9 Å². The number of ether oxygens (including phenoxy) is 5. The fraction of sp³-hybridized carbons (Fsp3) is 0.483. The van der Waals surface area contributed by atoms with E-state index in [1.54, 1.807) is 6.07 Å². The summed E-state index contributed by atoms with van der Waals surface area (Å²) in [6.45, 7) is 0.890. The number of hydrogen-bond acceptors (Lipinski definition) is 15. The molecule has 0 spiro atoms. The van der Waals surface area contributed by atoms with Crippen LogP contribution < -0.4 is 0 Å². The smallest absolute Gasteiger partial charge is 0.331 e. The minimum atomic E-state index is -1.75. The highest BCUT2D eigenvalue weighted by molar-refractivity contribution is 5.87. The molecule has 2 aliphatic rings. The third-order valence-electron chi connectivity index (χ3n) is 7.25. The van der Waals surface area contributed by atoms with Gasteiger partial charge in [-0.1, -0.05) is 12.1 Å². The van der Waals surface area contributed by atoms with Gasteiger partial charge in [0.1, 0.15) is 36.6 Å². The fourth-order valence-corrected chi connectivity index (χ4v) is 4.66. The van der Waals surface area contributed by atoms with E-state index in [9.17, 15) is 50.8 Å². The summed E-state index contributed by atoms with van der Waals surface area (Å²) in [5, 5.41) is 90.3. The molecule has 0 bridgehead atoms. The number of aliphatic hydroxyl groups is 5. The second-order valence-electron chi connectivity index (χ2n) is 10.5. The van der Waals surface area contributed by atoms with Crippen LogP contribution in [0.1, 0.15) is 18.1 Å². The Hall–Kier alpha value is -3.51. The lowest BCUT2D eigenvalue weighted by Crippen LogP contribution is -2.62. The van der Waals surface area contributed by atoms with E-state index < -0.39 is 79.7 Å². The number of phenols is 4. The number of aliphatic hydroxyl groups excluding tert-OH is 5. The largest absolute Gasteiger partial charge is 0.504 e. The Balaban J connectivity index is 1.45. The molecule has 2 aromatic rings. The van der Waals surface area contributed by atoms with Crippen molar-refractivity contribution < 1.29 is 74.4 Å². The van der Waals surface area contributed by atoms with Gasteiger partial charge in [-0.2, -0.15) is 0 Å². The van der Waals surface area contributed by atoms with Gasteiger partial charge >= 0.3 is 5.97 Å². The summed E-state index contributed by atoms with van der Waals surface area (Å²) in [4.78, 5) is 12.7. The van der Waals surface area contributed by atoms with Crippen LogP contribution in [0.25, 0.3) is 6.08 Å². The van der Waals surface area contributed by atoms with Gasteiger partial charge in [0.15, 0.2) is 41.7 Å². The summed E-state index contributed by atoms with van der Waals surface area (Å²) in [5.41, 5.74) is 0.927. The van der Waals surface area contributed by atoms with Gasteiger partial charge in [-0.15, -0.1) is 0 Å². The first-order valence-electron chi connectivity index (χ1n) is 13.7. The molecule has 10 atom stereocenters. The summed E-state index contributed by atoms with van der Waals surface area (Å²) in [6, 6.07) is 8.00. The predicted molar refractivity (Wildman–Crippen MR) is 147 cm³/mol. The maximum atomic E-state index is 12.7. The predicted octanol–water partition coefficient (Wildman–Crippen LogP) is -1.02. The zero-order valence-corrected chi connectivity index (χ0v) is 23.5. The molecule has 0 radical (unpaired) electrons. The van der Waals surface area contributed by atoms with Crippen molar-refractivity contribution >= 4 is 12.0 Å². The van der Waals surface area contributed by atoms with Crippen LogP contribution in [0.3, 0.4) is 0 Å². The molecule has 0 saturated carbocycles. The third kappa shape index (κ3) is 7.95. The Labute approximate surface area is 251 Å². The van der Waals surface area contributed by atoms with E-state index in [1.165, 1.54) is 43.3 Å². The minimum absolute atomic E-state index is 0.0645. The Morgan fingerprint density at radius 2 is 1.41 bits per heavy atom. The fourth-order valence-electron chi connectivity index (χ4n) is 4.66. The second kappa shape index (κ2) is 14.5. The number of esters is 1. The summed E-state index contributed by atoms with van der Waals surface area (Å²) in [5.74, 6) is -2.37. The van der Waals surface area contributed by atoms with Crippen LogP contribution in [-0.4, -0.2) is 127 Å². The molecule has 242 valence electrons. The van der Waals surface area contributed by atoms with Gasteiger partial charge in [0.05, 0.1) is 19.3 Å². The van der Waals surface area contributed by atoms with Crippen LogP contribution in [0, 0.1) is 0 Å². The number of aromatic hydroxyl groups is 4. The highest BCUT2D eigenvalue weighted by atomic mass is 16.7. The first-order valence-corrected chi connectivity index (χ1v) is 13.7. The Bertz CT molecular complexity index is 1300. The summed E-state index contributed by atoms with van der Waals surface area (Å²) in [7, 11) is 0. The molecule has 9 N–H and O–H groups in total. The van der Waals surface area contributed by atoms with Crippen LogP contribution in [0.15, 0.2) is 42.5 Å². The van der Waals surface area contributed by atoms with Crippen LogP contribution in [0.4, 0.5) is 0 Å². The van der Waals surface area contributed by atoms with E-state index in [4.69, 9.17) is 23.7 Å². The van der Waals surface area contributed by atoms with E-state index >= 15 is 0 Å². The maximum absolute atomic E-state index is 12.7. The van der Waals surface area contributed by atoms with E-state index in [2.05, 4.69) is 0 Å². The van der Waals surface area contributed by atoms with Crippen molar-refractivity contribution in [2.24, 2.45) is 0 Å². The number of rotatable bonds is 10. The number of benzene rings is 2. The highest BCUT2D eigenvalue weighted by Gasteiger charge is 2.49. The summed E-state index contributed by atoms with van der Waals surface area (Å²) < 4.78 is 27.8. The lowest BCUT2D eigenvalue weighted by atomic mass is 9.98. The molecule has 2 fully saturated rings. The van der Waals surface area contributed by atoms with E-state index in [-0.39, 0.29) is 30.3 Å². The van der Waals surface area contributed by atoms with Crippen LogP contribution in [0.5, 0.6) is 23.0 Å². The Kier molecular flexibility index (Phi) is 11.0. The van der Waals surface area contributed by atoms with Crippen molar-refractivity contribution in [2.45, 2.75) is 74.8 Å². The molecule has 0 aliphatic carbocycles. The van der Waals surface area contributed by atoms with Gasteiger partial charge in [-0.3, -0.25) is 0 Å². The number of phenolic OH excluding ortho intramolecular Hbond substituents is 4. The number of hydrogen-bond donors (Lipinski definition) is 9. The molecule has 2 saturated heterocycles. The Morgan fingerprint density at radius 3 is 2.09 bits per heavy atom. The zero-order chi connectivity index (χ0) is 32.1. The van der Waals surface area contributed by atoms with Gasteiger partial charge in [0, 0.05) is 6.08 Å². The average Bonchev–Trinajstić information content (AvgIpc) is 2.99. The summed E-state index contributed by atoms with van der Waals surface area (Å²) >= 11 is 0. The standard InChI is InChI=1S/C29H36O15/c1-13-22(35)23(36)25(38)29(42-13)41-12-20-27(44-21(34)7-4-14-2-5-16(30)18(32)10-14)24(37)26(39)28(43-20)40-9-8-15-3-6-17(31)19(33)11-15/h2-7,10-11,13,20,22-33,35-39H,8-9,12H2,1H3/t13-,20+,22-,23+,24+,25+,26+,27+,28+,29+/m0/s1. The molecule has 44 heavy (non-hydrogen) atoms. The molecular weight excluding hydrogens is 588 g/mol. The minimum Gasteiger partial charge on any atom is -0.504 e. The Morgan fingerprint density at radius 1 is 0.773 bits per heavy atom. The molecule has 2 heterocycles. The van der Waals surface area contributed by atoms with Crippen molar-refractivity contribution in [3.63, 3.8) is 0 Å². The van der Waals surface area contributed by atoms with Crippen LogP contribution in [0.2, 0.25) is 0 Å². The topological polar surface area (TPSA) is 245 Å². The second-order valence-corrected chi connectivity index (χ2v) is 10.5. The van der Waals surface area contributed by atoms with Crippen molar-refractivity contribution in [1.29, 1.82) is 0 Å². The SMILES string of the molecule is C[C@@H]1O[C@@H](OC[C@H]2O[C@@H](OCCc3ccc(O)c(O)c3)[C@H](O)[C@@H](O)[C@@H]2OC(=O)C=Cc2ccc(O)c(O)c2)[C@H](O)[C@H](O)[C@H]1O. The monoisotopic (exact) mass is 624 g/mol. The van der Waals surface area contributed by atoms with Crippen molar-refractivity contribution in [1.82, 2.24) is 0 Å². The molecule has 0 unspecified atom stereocenters. The van der Waals surface area contributed by atoms with Gasteiger partial charge in [-0.25, -0.2) is 4.79 Å². The van der Waals surface area contributed by atoms with E-state index in [1.807, 2.05) is 0 Å². The van der Waals surface area contributed by atoms with Crippen molar-refractivity contribution in [3.8, 4) is 23.0 Å². The maximum Gasteiger partial charge on any atom is 0.331 e. The van der Waals surface area contributed by atoms with Crippen LogP contribution >= 0.6 is 0 Å². The van der Waals surface area contributed by atoms with E-state index in [0.717, 1.165) is 6.08 Å². The highest BCUT2D eigenvalue weighted by Crippen LogP contribution is 2.29. The summed E-state index contributed by atoms with van der Waals surface area (Å²) in [6.07, 6.45) is -12.2. The van der Waals surface area contributed by atoms with Gasteiger partial charge in [-0.05, 0) is 54.8 Å². The van der Waals surface area contributed by atoms with Gasteiger partial charge in [0.2, 0.25) is 0 Å². The lowest BCUT2D eigenvalue weighted by molar-refractivity contribution is -0.328. The molecule has 2 aliphatic heterocycles. The molecule has 2 aromatic carbocycles. The van der Waals surface area contributed by atoms with E-state index in [0.29, 0.717) is 11.1 Å². The molecule has 0 aromatic heterocycles. The number of carbonyl (C=O) groups is 1. The molecule has 0 amide bonds. The normalized spacial score (nSPS) is 32.5. The number of carbonyl (C=O) groups excluding carboxylic acids is 1. The lowest BCUT2D eigenvalue weighted by Gasteiger charge is -2.43. The third-order valence-corrected chi connectivity index (χ3v) is 7.25. The van der Waals surface area contributed by atoms with Crippen molar-refractivity contribution in [3.05, 3.63) is 53.6 Å². The molecule has 15 heteroatoms. The van der Waals surface area contributed by atoms with Crippen molar-refractivity contribution in [2.75, 3.05) is 13.2 Å². The molecular formula is C29H36O15. The molecule has 4 rings (SSSR count). The molecule has 15 nitrogen and oxygen atoms in total. The van der Waals surface area contributed by atoms with Gasteiger partial charge < -0.3 is 69.6 Å². The zero-order valence-electron chi connectivity index (χ0n) is 23.5. The average molecular weight is 625 g/mol.